The first-order chi connectivity index (χ1) is 14.7. The Morgan fingerprint density at radius 1 is 0.800 bits per heavy atom. The Labute approximate surface area is 179 Å². The van der Waals surface area contributed by atoms with Gasteiger partial charge in [-0.15, -0.1) is 0 Å². The van der Waals surface area contributed by atoms with Gasteiger partial charge in [-0.3, -0.25) is 0 Å². The average Bonchev–Trinajstić information content (AvgIpc) is 3.17. The molecule has 0 saturated heterocycles. The van der Waals surface area contributed by atoms with E-state index in [1.807, 2.05) is 24.3 Å². The number of rotatable bonds is 5. The molecule has 30 heavy (non-hydrogen) atoms. The van der Waals surface area contributed by atoms with Crippen LogP contribution in [0.3, 0.4) is 0 Å². The van der Waals surface area contributed by atoms with Gasteiger partial charge in [0.25, 0.3) is 0 Å². The van der Waals surface area contributed by atoms with Gasteiger partial charge in [0.2, 0.25) is 0 Å². The van der Waals surface area contributed by atoms with Gasteiger partial charge >= 0.3 is 0 Å². The number of thiazole rings is 1. The summed E-state index contributed by atoms with van der Waals surface area (Å²) in [6, 6.07) is 23.1. The van der Waals surface area contributed by atoms with Crippen LogP contribution in [0.5, 0.6) is 0 Å². The van der Waals surface area contributed by atoms with Crippen molar-refractivity contribution in [2.24, 2.45) is 0 Å². The van der Waals surface area contributed by atoms with Gasteiger partial charge in [-0.1, -0.05) is 53.8 Å². The topological polar surface area (TPSA) is 70.1 Å². The van der Waals surface area contributed by atoms with E-state index >= 15 is 0 Å². The molecule has 4 aromatic rings. The first kappa shape index (κ1) is 19.0. The fourth-order valence-electron chi connectivity index (χ4n) is 3.91. The van der Waals surface area contributed by atoms with E-state index in [2.05, 4.69) is 53.1 Å². The standard InChI is InChI=1S/C24H24N4OS/c29-19-12-10-18(11-13-19)25-22-7-4-8-23(27-22)28-24-26-20-14-9-17(15-21(20)30-24)16-5-2-1-3-6-16/h1-9,14-15,18-19,29H,10-13H2,(H2,25,26,27,28)/t18-,19-. The summed E-state index contributed by atoms with van der Waals surface area (Å²) in [5, 5.41) is 17.4. The monoisotopic (exact) mass is 416 g/mol. The number of nitrogens with zero attached hydrogens (tertiary/aromatic N) is 2. The third-order valence-electron chi connectivity index (χ3n) is 5.53. The second kappa shape index (κ2) is 8.42. The maximum Gasteiger partial charge on any atom is 0.189 e. The third kappa shape index (κ3) is 4.30. The first-order valence-corrected chi connectivity index (χ1v) is 11.2. The molecule has 0 unspecified atom stereocenters. The maximum atomic E-state index is 9.68. The quantitative estimate of drug-likeness (QED) is 0.383. The Balaban J connectivity index is 1.32. The molecule has 5 rings (SSSR count). The molecule has 1 aliphatic carbocycles. The van der Waals surface area contributed by atoms with E-state index in [9.17, 15) is 5.11 Å². The van der Waals surface area contributed by atoms with Gasteiger partial charge in [-0.05, 0) is 61.1 Å². The largest absolute Gasteiger partial charge is 0.393 e. The second-order valence-corrected chi connectivity index (χ2v) is 8.78. The van der Waals surface area contributed by atoms with E-state index in [1.54, 1.807) is 11.3 Å². The minimum absolute atomic E-state index is 0.148. The van der Waals surface area contributed by atoms with Crippen molar-refractivity contribution in [3.63, 3.8) is 0 Å². The van der Waals surface area contributed by atoms with Crippen LogP contribution in [0.2, 0.25) is 0 Å². The zero-order valence-electron chi connectivity index (χ0n) is 16.6. The van der Waals surface area contributed by atoms with Crippen molar-refractivity contribution in [3.05, 3.63) is 66.7 Å². The number of hydrogen-bond acceptors (Lipinski definition) is 6. The number of benzene rings is 2. The number of aromatic nitrogens is 2. The minimum Gasteiger partial charge on any atom is -0.393 e. The molecule has 6 heteroatoms. The fraction of sp³-hybridized carbons (Fsp3) is 0.250. The molecule has 2 aromatic carbocycles. The van der Waals surface area contributed by atoms with E-state index < -0.39 is 0 Å². The molecule has 1 fully saturated rings. The van der Waals surface area contributed by atoms with Crippen molar-refractivity contribution in [1.29, 1.82) is 0 Å². The van der Waals surface area contributed by atoms with Crippen molar-refractivity contribution >= 4 is 38.3 Å². The van der Waals surface area contributed by atoms with Crippen LogP contribution in [0.4, 0.5) is 16.8 Å². The molecule has 0 spiro atoms. The summed E-state index contributed by atoms with van der Waals surface area (Å²) >= 11 is 1.63. The summed E-state index contributed by atoms with van der Waals surface area (Å²) in [5.41, 5.74) is 3.38. The molecule has 152 valence electrons. The lowest BCUT2D eigenvalue weighted by Gasteiger charge is -2.26. The maximum absolute atomic E-state index is 9.68. The van der Waals surface area contributed by atoms with Crippen molar-refractivity contribution < 1.29 is 5.11 Å². The lowest BCUT2D eigenvalue weighted by Crippen LogP contribution is -2.28. The van der Waals surface area contributed by atoms with Crippen LogP contribution >= 0.6 is 11.3 Å². The average molecular weight is 417 g/mol. The highest BCUT2D eigenvalue weighted by atomic mass is 32.1. The summed E-state index contributed by atoms with van der Waals surface area (Å²) < 4.78 is 1.15. The Morgan fingerprint density at radius 3 is 2.43 bits per heavy atom. The Kier molecular flexibility index (Phi) is 5.34. The number of fused-ring (bicyclic) bond motifs is 1. The van der Waals surface area contributed by atoms with Crippen molar-refractivity contribution in [2.45, 2.75) is 37.8 Å². The zero-order valence-corrected chi connectivity index (χ0v) is 17.4. The molecule has 5 nitrogen and oxygen atoms in total. The number of aliphatic hydroxyl groups is 1. The van der Waals surface area contributed by atoms with Gasteiger partial charge in [-0.25, -0.2) is 9.97 Å². The van der Waals surface area contributed by atoms with Gasteiger partial charge in [0.1, 0.15) is 11.6 Å². The summed E-state index contributed by atoms with van der Waals surface area (Å²) in [6.07, 6.45) is 3.51. The Bertz CT molecular complexity index is 1140. The lowest BCUT2D eigenvalue weighted by molar-refractivity contribution is 0.126. The zero-order chi connectivity index (χ0) is 20.3. The van der Waals surface area contributed by atoms with Crippen LogP contribution < -0.4 is 10.6 Å². The molecule has 1 aliphatic rings. The van der Waals surface area contributed by atoms with E-state index in [-0.39, 0.29) is 6.10 Å². The molecule has 0 atom stereocenters. The minimum atomic E-state index is -0.148. The van der Waals surface area contributed by atoms with Gasteiger partial charge < -0.3 is 15.7 Å². The third-order valence-corrected chi connectivity index (χ3v) is 6.46. The molecule has 1 saturated carbocycles. The van der Waals surface area contributed by atoms with Crippen molar-refractivity contribution in [1.82, 2.24) is 9.97 Å². The molecule has 0 aliphatic heterocycles. The molecule has 3 N–H and O–H groups in total. The molecular weight excluding hydrogens is 392 g/mol. The summed E-state index contributed by atoms with van der Waals surface area (Å²) in [7, 11) is 0. The first-order valence-electron chi connectivity index (χ1n) is 10.4. The van der Waals surface area contributed by atoms with Gasteiger partial charge in [0, 0.05) is 6.04 Å². The van der Waals surface area contributed by atoms with E-state index in [1.165, 1.54) is 11.1 Å². The molecule has 0 amide bonds. The van der Waals surface area contributed by atoms with Gasteiger partial charge in [-0.2, -0.15) is 0 Å². The molecular formula is C24H24N4OS. The summed E-state index contributed by atoms with van der Waals surface area (Å²) in [4.78, 5) is 9.41. The van der Waals surface area contributed by atoms with Crippen LogP contribution in [0.1, 0.15) is 25.7 Å². The summed E-state index contributed by atoms with van der Waals surface area (Å²) in [6.45, 7) is 0. The van der Waals surface area contributed by atoms with Crippen LogP contribution in [-0.4, -0.2) is 27.2 Å². The highest BCUT2D eigenvalue weighted by Crippen LogP contribution is 2.32. The SMILES string of the molecule is O[C@H]1CC[C@H](Nc2cccc(Nc3nc4ccc(-c5ccccc5)cc4s3)n2)CC1. The number of aliphatic hydroxyl groups excluding tert-OH is 1. The Morgan fingerprint density at radius 2 is 1.60 bits per heavy atom. The van der Waals surface area contributed by atoms with Crippen LogP contribution in [-0.2, 0) is 0 Å². The lowest BCUT2D eigenvalue weighted by atomic mass is 9.93. The molecule has 2 heterocycles. The Hall–Kier alpha value is -2.96. The summed E-state index contributed by atoms with van der Waals surface area (Å²) in [5.74, 6) is 1.63. The van der Waals surface area contributed by atoms with Crippen molar-refractivity contribution in [2.75, 3.05) is 10.6 Å². The second-order valence-electron chi connectivity index (χ2n) is 7.75. The smallest absolute Gasteiger partial charge is 0.189 e. The predicted molar refractivity (Wildman–Crippen MR) is 124 cm³/mol. The number of nitrogens with one attached hydrogen (secondary N) is 2. The van der Waals surface area contributed by atoms with Crippen LogP contribution in [0.15, 0.2) is 66.7 Å². The highest BCUT2D eigenvalue weighted by molar-refractivity contribution is 7.22. The van der Waals surface area contributed by atoms with Gasteiger partial charge in [0.05, 0.1) is 16.3 Å². The molecule has 0 radical (unpaired) electrons. The van der Waals surface area contributed by atoms with E-state index in [0.717, 1.165) is 52.7 Å². The van der Waals surface area contributed by atoms with Crippen molar-refractivity contribution in [3.8, 4) is 11.1 Å². The number of hydrogen-bond donors (Lipinski definition) is 3. The fourth-order valence-corrected chi connectivity index (χ4v) is 4.82. The molecule has 2 aromatic heterocycles. The van der Waals surface area contributed by atoms with E-state index in [4.69, 9.17) is 9.97 Å². The van der Waals surface area contributed by atoms with E-state index in [0.29, 0.717) is 6.04 Å². The van der Waals surface area contributed by atoms with Crippen LogP contribution in [0, 0.1) is 0 Å². The number of pyridine rings is 1. The van der Waals surface area contributed by atoms with Crippen LogP contribution in [0.25, 0.3) is 21.3 Å². The normalized spacial score (nSPS) is 19.0. The number of anilines is 3. The van der Waals surface area contributed by atoms with Gasteiger partial charge in [0.15, 0.2) is 5.13 Å². The molecule has 0 bridgehead atoms. The predicted octanol–water partition coefficient (Wildman–Crippen LogP) is 5.82. The highest BCUT2D eigenvalue weighted by Gasteiger charge is 2.19.